The fraction of sp³-hybridized carbons (Fsp3) is 0.348. The van der Waals surface area contributed by atoms with E-state index < -0.39 is 0 Å². The Hall–Kier alpha value is -3.15. The van der Waals surface area contributed by atoms with Gasteiger partial charge in [-0.15, -0.1) is 0 Å². The molecule has 1 N–H and O–H groups in total. The lowest BCUT2D eigenvalue weighted by Crippen LogP contribution is -2.42. The first kappa shape index (κ1) is 20.6. The third-order valence-corrected chi connectivity index (χ3v) is 5.19. The van der Waals surface area contributed by atoms with Crippen molar-refractivity contribution in [2.45, 2.75) is 20.3 Å². The highest BCUT2D eigenvalue weighted by Gasteiger charge is 2.23. The minimum Gasteiger partial charge on any atom is -0.343 e. The number of rotatable bonds is 4. The number of amides is 3. The molecule has 0 radical (unpaired) electrons. The van der Waals surface area contributed by atoms with Gasteiger partial charge in [-0.1, -0.05) is 35.9 Å². The Kier molecular flexibility index (Phi) is 6.65. The van der Waals surface area contributed by atoms with E-state index in [0.29, 0.717) is 37.3 Å². The molecule has 0 atom stereocenters. The predicted molar refractivity (Wildman–Crippen MR) is 112 cm³/mol. The molecule has 29 heavy (non-hydrogen) atoms. The van der Waals surface area contributed by atoms with E-state index in [1.54, 1.807) is 21.9 Å². The molecular formula is C23H27N3O3. The smallest absolute Gasteiger partial charge is 0.253 e. The summed E-state index contributed by atoms with van der Waals surface area (Å²) in [4.78, 5) is 41.2. The average molecular weight is 393 g/mol. The normalized spacial score (nSPS) is 14.3. The van der Waals surface area contributed by atoms with E-state index in [0.717, 1.165) is 17.5 Å². The zero-order chi connectivity index (χ0) is 20.8. The molecular weight excluding hydrogens is 366 g/mol. The van der Waals surface area contributed by atoms with Crippen LogP contribution in [0, 0.1) is 13.8 Å². The van der Waals surface area contributed by atoms with Gasteiger partial charge >= 0.3 is 0 Å². The minimum absolute atomic E-state index is 0.00384. The standard InChI is InChI=1S/C23H27N3O3/c1-17-7-5-9-19(15-17)23(29)26-12-6-11-25(13-14-26)21(27)16-24-22(28)20-10-4-3-8-18(20)2/h3-5,7-10,15H,6,11-14,16H2,1-2H3,(H,24,28). The van der Waals surface area contributed by atoms with Crippen molar-refractivity contribution in [2.75, 3.05) is 32.7 Å². The minimum atomic E-state index is -0.248. The topological polar surface area (TPSA) is 69.7 Å². The number of aryl methyl sites for hydroxylation is 2. The number of carbonyl (C=O) groups is 3. The monoisotopic (exact) mass is 393 g/mol. The molecule has 1 aliphatic heterocycles. The molecule has 1 heterocycles. The third kappa shape index (κ3) is 5.22. The molecule has 6 heteroatoms. The molecule has 0 bridgehead atoms. The van der Waals surface area contributed by atoms with Crippen LogP contribution < -0.4 is 5.32 Å². The molecule has 1 saturated heterocycles. The Labute approximate surface area is 171 Å². The lowest BCUT2D eigenvalue weighted by atomic mass is 10.1. The second-order valence-electron chi connectivity index (χ2n) is 7.39. The quantitative estimate of drug-likeness (QED) is 0.867. The van der Waals surface area contributed by atoms with E-state index in [4.69, 9.17) is 0 Å². The van der Waals surface area contributed by atoms with Crippen molar-refractivity contribution < 1.29 is 14.4 Å². The Balaban J connectivity index is 1.53. The van der Waals surface area contributed by atoms with Crippen molar-refractivity contribution in [1.29, 1.82) is 0 Å². The number of hydrogen-bond acceptors (Lipinski definition) is 3. The molecule has 0 saturated carbocycles. The highest BCUT2D eigenvalue weighted by atomic mass is 16.2. The van der Waals surface area contributed by atoms with Crippen LogP contribution in [0.3, 0.4) is 0 Å². The summed E-state index contributed by atoms with van der Waals surface area (Å²) >= 11 is 0. The molecule has 6 nitrogen and oxygen atoms in total. The van der Waals surface area contributed by atoms with E-state index in [-0.39, 0.29) is 24.3 Å². The maximum atomic E-state index is 12.8. The van der Waals surface area contributed by atoms with Gasteiger partial charge in [-0.2, -0.15) is 0 Å². The number of nitrogens with zero attached hydrogens (tertiary/aromatic N) is 2. The third-order valence-electron chi connectivity index (χ3n) is 5.19. The summed E-state index contributed by atoms with van der Waals surface area (Å²) in [7, 11) is 0. The molecule has 1 fully saturated rings. The van der Waals surface area contributed by atoms with Crippen LogP contribution in [0.4, 0.5) is 0 Å². The van der Waals surface area contributed by atoms with Gasteiger partial charge in [0.2, 0.25) is 5.91 Å². The average Bonchev–Trinajstić information content (AvgIpc) is 2.98. The Morgan fingerprint density at radius 1 is 0.897 bits per heavy atom. The maximum Gasteiger partial charge on any atom is 0.253 e. The lowest BCUT2D eigenvalue weighted by Gasteiger charge is -2.22. The molecule has 2 aromatic rings. The molecule has 2 aromatic carbocycles. The van der Waals surface area contributed by atoms with Crippen LogP contribution in [0.15, 0.2) is 48.5 Å². The molecule has 0 unspecified atom stereocenters. The highest BCUT2D eigenvalue weighted by Crippen LogP contribution is 2.11. The lowest BCUT2D eigenvalue weighted by molar-refractivity contribution is -0.129. The van der Waals surface area contributed by atoms with Gasteiger partial charge in [-0.05, 0) is 44.0 Å². The molecule has 152 valence electrons. The Bertz CT molecular complexity index is 910. The van der Waals surface area contributed by atoms with Crippen LogP contribution in [0.1, 0.15) is 38.3 Å². The van der Waals surface area contributed by atoms with Crippen LogP contribution >= 0.6 is 0 Å². The maximum absolute atomic E-state index is 12.8. The number of carbonyl (C=O) groups excluding carboxylic acids is 3. The second kappa shape index (κ2) is 9.37. The van der Waals surface area contributed by atoms with Gasteiger partial charge in [-0.3, -0.25) is 14.4 Å². The van der Waals surface area contributed by atoms with Crippen LogP contribution in [0.25, 0.3) is 0 Å². The van der Waals surface area contributed by atoms with Gasteiger partial charge < -0.3 is 15.1 Å². The van der Waals surface area contributed by atoms with Gasteiger partial charge in [0, 0.05) is 37.3 Å². The summed E-state index contributed by atoms with van der Waals surface area (Å²) in [5.74, 6) is -0.379. The molecule has 0 aliphatic carbocycles. The molecule has 3 amide bonds. The van der Waals surface area contributed by atoms with E-state index >= 15 is 0 Å². The van der Waals surface area contributed by atoms with E-state index in [1.807, 2.05) is 50.2 Å². The van der Waals surface area contributed by atoms with Crippen LogP contribution in [-0.2, 0) is 4.79 Å². The zero-order valence-electron chi connectivity index (χ0n) is 17.0. The van der Waals surface area contributed by atoms with Gasteiger partial charge in [0.15, 0.2) is 0 Å². The summed E-state index contributed by atoms with van der Waals surface area (Å²) in [5, 5.41) is 2.71. The van der Waals surface area contributed by atoms with Gasteiger partial charge in [0.25, 0.3) is 11.8 Å². The second-order valence-corrected chi connectivity index (χ2v) is 7.39. The first-order valence-corrected chi connectivity index (χ1v) is 9.93. The molecule has 3 rings (SSSR count). The summed E-state index contributed by atoms with van der Waals surface area (Å²) in [6.45, 7) is 5.94. The van der Waals surface area contributed by atoms with Crippen molar-refractivity contribution >= 4 is 17.7 Å². The van der Waals surface area contributed by atoms with Crippen molar-refractivity contribution in [3.05, 3.63) is 70.8 Å². The van der Waals surface area contributed by atoms with Gasteiger partial charge in [0.1, 0.15) is 0 Å². The van der Waals surface area contributed by atoms with Crippen LogP contribution in [0.5, 0.6) is 0 Å². The van der Waals surface area contributed by atoms with Gasteiger partial charge in [-0.25, -0.2) is 0 Å². The molecule has 1 aliphatic rings. The van der Waals surface area contributed by atoms with Crippen molar-refractivity contribution in [2.24, 2.45) is 0 Å². The zero-order valence-corrected chi connectivity index (χ0v) is 17.0. The molecule has 0 spiro atoms. The molecule has 0 aromatic heterocycles. The SMILES string of the molecule is Cc1cccc(C(=O)N2CCCN(C(=O)CNC(=O)c3ccccc3C)CC2)c1. The summed E-state index contributed by atoms with van der Waals surface area (Å²) in [6, 6.07) is 14.8. The Morgan fingerprint density at radius 2 is 1.62 bits per heavy atom. The van der Waals surface area contributed by atoms with Crippen molar-refractivity contribution in [1.82, 2.24) is 15.1 Å². The van der Waals surface area contributed by atoms with Crippen molar-refractivity contribution in [3.63, 3.8) is 0 Å². The van der Waals surface area contributed by atoms with Crippen LogP contribution in [0.2, 0.25) is 0 Å². The van der Waals surface area contributed by atoms with E-state index in [2.05, 4.69) is 5.32 Å². The largest absolute Gasteiger partial charge is 0.343 e. The summed E-state index contributed by atoms with van der Waals surface area (Å²) in [5.41, 5.74) is 3.17. The summed E-state index contributed by atoms with van der Waals surface area (Å²) in [6.07, 6.45) is 0.717. The Morgan fingerprint density at radius 3 is 2.38 bits per heavy atom. The van der Waals surface area contributed by atoms with Crippen LogP contribution in [-0.4, -0.2) is 60.2 Å². The van der Waals surface area contributed by atoms with E-state index in [1.165, 1.54) is 0 Å². The predicted octanol–water partition coefficient (Wildman–Crippen LogP) is 2.41. The van der Waals surface area contributed by atoms with E-state index in [9.17, 15) is 14.4 Å². The number of nitrogens with one attached hydrogen (secondary N) is 1. The fourth-order valence-electron chi connectivity index (χ4n) is 3.52. The fourth-order valence-corrected chi connectivity index (χ4v) is 3.52. The first-order chi connectivity index (χ1) is 14.0. The summed E-state index contributed by atoms with van der Waals surface area (Å²) < 4.78 is 0. The first-order valence-electron chi connectivity index (χ1n) is 9.93. The van der Waals surface area contributed by atoms with Crippen molar-refractivity contribution in [3.8, 4) is 0 Å². The van der Waals surface area contributed by atoms with Gasteiger partial charge in [0.05, 0.1) is 6.54 Å². The number of benzene rings is 2. The highest BCUT2D eigenvalue weighted by molar-refractivity contribution is 5.97. The number of hydrogen-bond donors (Lipinski definition) is 1.